The van der Waals surface area contributed by atoms with Gasteiger partial charge in [-0.05, 0) is 42.7 Å². The van der Waals surface area contributed by atoms with Crippen LogP contribution in [0.2, 0.25) is 0 Å². The summed E-state index contributed by atoms with van der Waals surface area (Å²) in [6.07, 6.45) is 7.12. The summed E-state index contributed by atoms with van der Waals surface area (Å²) in [5.74, 6) is 1.50. The molecule has 1 aliphatic rings. The molecule has 2 atom stereocenters. The van der Waals surface area contributed by atoms with Crippen molar-refractivity contribution < 1.29 is 0 Å². The lowest BCUT2D eigenvalue weighted by molar-refractivity contribution is 0.456. The molecule has 0 bridgehead atoms. The van der Waals surface area contributed by atoms with Gasteiger partial charge in [-0.1, -0.05) is 6.42 Å². The van der Waals surface area contributed by atoms with Crippen molar-refractivity contribution in [1.82, 2.24) is 25.0 Å². The molecule has 7 heteroatoms. The van der Waals surface area contributed by atoms with Crippen LogP contribution < -0.4 is 10.6 Å². The third-order valence-corrected chi connectivity index (χ3v) is 4.05. The van der Waals surface area contributed by atoms with Crippen molar-refractivity contribution in [2.75, 3.05) is 18.0 Å². The van der Waals surface area contributed by atoms with E-state index < -0.39 is 0 Å². The van der Waals surface area contributed by atoms with Crippen LogP contribution in [0.15, 0.2) is 12.4 Å². The highest BCUT2D eigenvalue weighted by atomic mass is 15.5. The minimum Gasteiger partial charge on any atom is -0.352 e. The Hall–Kier alpha value is -1.76. The monoisotopic (exact) mass is 261 g/mol. The van der Waals surface area contributed by atoms with Crippen molar-refractivity contribution in [2.45, 2.75) is 32.2 Å². The predicted octanol–water partition coefficient (Wildman–Crippen LogP) is 0.473. The van der Waals surface area contributed by atoms with Gasteiger partial charge in [0, 0.05) is 12.6 Å². The highest BCUT2D eigenvalue weighted by Gasteiger charge is 2.31. The van der Waals surface area contributed by atoms with E-state index in [-0.39, 0.29) is 0 Å². The van der Waals surface area contributed by atoms with Crippen LogP contribution in [0.4, 0.5) is 5.82 Å². The second-order valence-corrected chi connectivity index (χ2v) is 4.99. The molecule has 2 aromatic rings. The van der Waals surface area contributed by atoms with Crippen molar-refractivity contribution in [2.24, 2.45) is 11.7 Å². The summed E-state index contributed by atoms with van der Waals surface area (Å²) in [5, 5.41) is 11.7. The summed E-state index contributed by atoms with van der Waals surface area (Å²) in [7, 11) is 0. The van der Waals surface area contributed by atoms with E-state index in [1.54, 1.807) is 10.7 Å². The zero-order chi connectivity index (χ0) is 13.2. The first-order valence-corrected chi connectivity index (χ1v) is 6.84. The maximum Gasteiger partial charge on any atom is 0.199 e. The first-order chi connectivity index (χ1) is 9.35. The van der Waals surface area contributed by atoms with Gasteiger partial charge in [0.15, 0.2) is 11.5 Å². The average Bonchev–Trinajstić information content (AvgIpc) is 3.08. The van der Waals surface area contributed by atoms with E-state index in [0.717, 1.165) is 18.9 Å². The minimum atomic E-state index is 0.464. The molecule has 1 aliphatic carbocycles. The van der Waals surface area contributed by atoms with E-state index in [9.17, 15) is 0 Å². The smallest absolute Gasteiger partial charge is 0.199 e. The summed E-state index contributed by atoms with van der Waals surface area (Å²) < 4.78 is 1.75. The quantitative estimate of drug-likeness (QED) is 0.861. The Labute approximate surface area is 111 Å². The summed E-state index contributed by atoms with van der Waals surface area (Å²) in [5.41, 5.74) is 6.58. The van der Waals surface area contributed by atoms with Crippen LogP contribution >= 0.6 is 0 Å². The molecule has 3 rings (SSSR count). The Morgan fingerprint density at radius 2 is 2.32 bits per heavy atom. The van der Waals surface area contributed by atoms with Crippen molar-refractivity contribution in [3.63, 3.8) is 0 Å². The van der Waals surface area contributed by atoms with Crippen LogP contribution in [0.5, 0.6) is 0 Å². The van der Waals surface area contributed by atoms with Crippen molar-refractivity contribution in [3.05, 3.63) is 12.4 Å². The number of tetrazole rings is 1. The highest BCUT2D eigenvalue weighted by Crippen LogP contribution is 2.31. The third-order valence-electron chi connectivity index (χ3n) is 4.05. The number of rotatable bonds is 4. The van der Waals surface area contributed by atoms with E-state index in [0.29, 0.717) is 17.6 Å². The van der Waals surface area contributed by atoms with Gasteiger partial charge in [-0.3, -0.25) is 4.98 Å². The van der Waals surface area contributed by atoms with E-state index in [2.05, 4.69) is 32.3 Å². The first kappa shape index (κ1) is 12.3. The molecule has 2 unspecified atom stereocenters. The van der Waals surface area contributed by atoms with Gasteiger partial charge in [0.25, 0.3) is 0 Å². The molecule has 0 spiro atoms. The topological polar surface area (TPSA) is 85.2 Å². The highest BCUT2D eigenvalue weighted by molar-refractivity contribution is 5.47. The lowest BCUT2D eigenvalue weighted by atomic mass is 10.0. The van der Waals surface area contributed by atoms with Crippen molar-refractivity contribution in [1.29, 1.82) is 0 Å². The lowest BCUT2D eigenvalue weighted by Crippen LogP contribution is -2.41. The predicted molar refractivity (Wildman–Crippen MR) is 71.8 cm³/mol. The molecule has 7 nitrogen and oxygen atoms in total. The zero-order valence-electron chi connectivity index (χ0n) is 11.1. The summed E-state index contributed by atoms with van der Waals surface area (Å²) >= 11 is 0. The number of anilines is 1. The van der Waals surface area contributed by atoms with Crippen LogP contribution in [0.25, 0.3) is 5.65 Å². The van der Waals surface area contributed by atoms with Gasteiger partial charge in [0.2, 0.25) is 0 Å². The van der Waals surface area contributed by atoms with Gasteiger partial charge in [-0.15, -0.1) is 5.10 Å². The second-order valence-electron chi connectivity index (χ2n) is 4.99. The van der Waals surface area contributed by atoms with E-state index in [4.69, 9.17) is 5.73 Å². The Balaban J connectivity index is 2.00. The maximum atomic E-state index is 5.90. The van der Waals surface area contributed by atoms with Gasteiger partial charge in [-0.2, -0.15) is 4.52 Å². The van der Waals surface area contributed by atoms with Gasteiger partial charge >= 0.3 is 0 Å². The Bertz CT molecular complexity index is 552. The molecule has 0 radical (unpaired) electrons. The van der Waals surface area contributed by atoms with E-state index in [1.165, 1.54) is 19.3 Å². The molecule has 0 amide bonds. The first-order valence-electron chi connectivity index (χ1n) is 6.84. The molecular formula is C12H19N7. The molecule has 0 aromatic carbocycles. The zero-order valence-corrected chi connectivity index (χ0v) is 11.1. The van der Waals surface area contributed by atoms with Crippen LogP contribution in [0, 0.1) is 5.92 Å². The summed E-state index contributed by atoms with van der Waals surface area (Å²) in [6, 6.07) is 0.464. The number of hydrogen-bond acceptors (Lipinski definition) is 6. The summed E-state index contributed by atoms with van der Waals surface area (Å²) in [4.78, 5) is 6.57. The fourth-order valence-corrected chi connectivity index (χ4v) is 3.13. The van der Waals surface area contributed by atoms with Crippen LogP contribution in [0.1, 0.15) is 26.2 Å². The largest absolute Gasteiger partial charge is 0.352 e. The number of nitrogens with zero attached hydrogens (tertiary/aromatic N) is 6. The third kappa shape index (κ3) is 2.03. The molecule has 102 valence electrons. The molecule has 0 aliphatic heterocycles. The average molecular weight is 261 g/mol. The molecular weight excluding hydrogens is 242 g/mol. The van der Waals surface area contributed by atoms with Crippen LogP contribution in [-0.4, -0.2) is 44.2 Å². The van der Waals surface area contributed by atoms with Crippen molar-refractivity contribution in [3.8, 4) is 0 Å². The van der Waals surface area contributed by atoms with E-state index in [1.807, 2.05) is 6.20 Å². The molecule has 2 aromatic heterocycles. The number of nitrogens with two attached hydrogens (primary N) is 1. The van der Waals surface area contributed by atoms with Gasteiger partial charge in [0.05, 0.1) is 12.4 Å². The Kier molecular flexibility index (Phi) is 3.29. The molecule has 1 saturated carbocycles. The fourth-order valence-electron chi connectivity index (χ4n) is 3.13. The lowest BCUT2D eigenvalue weighted by Gasteiger charge is -2.33. The SMILES string of the molecule is CCN(c1cncc2nnnn12)C1CCCC1CN. The van der Waals surface area contributed by atoms with Gasteiger partial charge < -0.3 is 10.6 Å². The minimum absolute atomic E-state index is 0.464. The standard InChI is InChI=1S/C12H19N7/c1-2-18(10-5-3-4-9(10)6-13)12-8-14-7-11-15-16-17-19(11)12/h7-10H,2-6,13H2,1H3. The normalized spacial score (nSPS) is 23.1. The number of fused-ring (bicyclic) bond motifs is 1. The molecule has 2 N–H and O–H groups in total. The number of aromatic nitrogens is 5. The van der Waals surface area contributed by atoms with Crippen LogP contribution in [-0.2, 0) is 0 Å². The molecule has 1 fully saturated rings. The van der Waals surface area contributed by atoms with Crippen LogP contribution in [0.3, 0.4) is 0 Å². The Morgan fingerprint density at radius 3 is 3.11 bits per heavy atom. The van der Waals surface area contributed by atoms with Crippen molar-refractivity contribution >= 4 is 11.5 Å². The second kappa shape index (κ2) is 5.08. The number of hydrogen-bond donors (Lipinski definition) is 1. The fraction of sp³-hybridized carbons (Fsp3) is 0.667. The molecule has 0 saturated heterocycles. The van der Waals surface area contributed by atoms with E-state index >= 15 is 0 Å². The van der Waals surface area contributed by atoms with Gasteiger partial charge in [0.1, 0.15) is 0 Å². The Morgan fingerprint density at radius 1 is 1.42 bits per heavy atom. The molecule has 2 heterocycles. The molecule has 19 heavy (non-hydrogen) atoms. The maximum absolute atomic E-state index is 5.90. The van der Waals surface area contributed by atoms with Gasteiger partial charge in [-0.25, -0.2) is 0 Å². The summed E-state index contributed by atoms with van der Waals surface area (Å²) in [6.45, 7) is 3.79.